The van der Waals surface area contributed by atoms with Crippen LogP contribution in [-0.2, 0) is 0 Å². The molecule has 0 aliphatic carbocycles. The van der Waals surface area contributed by atoms with Crippen LogP contribution in [0.2, 0.25) is 6.32 Å². The first-order valence-corrected chi connectivity index (χ1v) is 9.91. The molecule has 1 unspecified atom stereocenters. The first-order chi connectivity index (χ1) is 12.4. The van der Waals surface area contributed by atoms with E-state index in [0.29, 0.717) is 12.2 Å². The lowest BCUT2D eigenvalue weighted by Gasteiger charge is -2.34. The lowest BCUT2D eigenvalue weighted by Crippen LogP contribution is -2.42. The number of ether oxygens (including phenoxy) is 1. The fraction of sp³-hybridized carbons (Fsp3) is 0.700. The third kappa shape index (κ3) is 7.27. The predicted octanol–water partition coefficient (Wildman–Crippen LogP) is 2.63. The Morgan fingerprint density at radius 1 is 1.15 bits per heavy atom. The summed E-state index contributed by atoms with van der Waals surface area (Å²) in [7, 11) is 0.514. The van der Waals surface area contributed by atoms with Crippen molar-refractivity contribution in [2.45, 2.75) is 63.2 Å². The van der Waals surface area contributed by atoms with Gasteiger partial charge >= 0.3 is 7.12 Å². The maximum absolute atomic E-state index is 8.90. The zero-order valence-electron chi connectivity index (χ0n) is 16.4. The number of methoxy groups -OCH3 is 1. The monoisotopic (exact) mass is 362 g/mol. The van der Waals surface area contributed by atoms with E-state index in [1.807, 2.05) is 0 Å². The van der Waals surface area contributed by atoms with Crippen LogP contribution in [0.4, 0.5) is 0 Å². The maximum Gasteiger partial charge on any atom is 0.451 e. The highest BCUT2D eigenvalue weighted by molar-refractivity contribution is 6.40. The molecule has 1 heterocycles. The molecule has 5 nitrogen and oxygen atoms in total. The average molecular weight is 362 g/mol. The van der Waals surface area contributed by atoms with Crippen LogP contribution in [0.15, 0.2) is 24.3 Å². The second-order valence-electron chi connectivity index (χ2n) is 8.02. The van der Waals surface area contributed by atoms with Gasteiger partial charge in [-0.15, -0.1) is 0 Å². The molecule has 1 fully saturated rings. The number of unbranched alkanes of at least 4 members (excludes halogenated alkanes) is 1. The van der Waals surface area contributed by atoms with Gasteiger partial charge in [-0.25, -0.2) is 0 Å². The van der Waals surface area contributed by atoms with Gasteiger partial charge in [0.25, 0.3) is 0 Å². The lowest BCUT2D eigenvalue weighted by atomic mass is 9.82. The third-order valence-corrected chi connectivity index (χ3v) is 5.63. The molecule has 0 aromatic heterocycles. The van der Waals surface area contributed by atoms with Crippen LogP contribution in [0.25, 0.3) is 0 Å². The molecule has 1 aromatic rings. The van der Waals surface area contributed by atoms with E-state index in [4.69, 9.17) is 20.5 Å². The Morgan fingerprint density at radius 3 is 2.38 bits per heavy atom. The Balaban J connectivity index is 1.67. The molecule has 0 amide bonds. The molecule has 1 aromatic carbocycles. The maximum atomic E-state index is 8.90. The van der Waals surface area contributed by atoms with Gasteiger partial charge in [-0.2, -0.15) is 0 Å². The molecule has 0 bridgehead atoms. The summed E-state index contributed by atoms with van der Waals surface area (Å²) in [6.07, 6.45) is 6.52. The number of nitrogens with zero attached hydrogens (tertiary/aromatic N) is 1. The van der Waals surface area contributed by atoms with Gasteiger partial charge in [-0.05, 0) is 82.2 Å². The molecule has 4 N–H and O–H groups in total. The highest BCUT2D eigenvalue weighted by atomic mass is 16.5. The molecular formula is C20H35BN2O3. The van der Waals surface area contributed by atoms with Crippen molar-refractivity contribution in [1.29, 1.82) is 0 Å². The molecule has 6 heteroatoms. The molecule has 0 spiro atoms. The summed E-state index contributed by atoms with van der Waals surface area (Å²) in [5.41, 5.74) is 7.68. The second-order valence-corrected chi connectivity index (χ2v) is 8.02. The van der Waals surface area contributed by atoms with E-state index in [1.54, 1.807) is 7.11 Å². The van der Waals surface area contributed by atoms with E-state index >= 15 is 0 Å². The van der Waals surface area contributed by atoms with Crippen LogP contribution >= 0.6 is 0 Å². The van der Waals surface area contributed by atoms with Crippen LogP contribution in [0.3, 0.4) is 0 Å². The summed E-state index contributed by atoms with van der Waals surface area (Å²) in [5, 5.41) is 17.8. The fourth-order valence-corrected chi connectivity index (χ4v) is 3.76. The number of rotatable bonds is 10. The van der Waals surface area contributed by atoms with Crippen LogP contribution in [0.5, 0.6) is 5.75 Å². The van der Waals surface area contributed by atoms with Gasteiger partial charge in [0.1, 0.15) is 5.75 Å². The van der Waals surface area contributed by atoms with Crippen molar-refractivity contribution in [3.63, 3.8) is 0 Å². The van der Waals surface area contributed by atoms with Crippen LogP contribution < -0.4 is 10.5 Å². The van der Waals surface area contributed by atoms with Crippen LogP contribution in [0, 0.1) is 0 Å². The van der Waals surface area contributed by atoms with E-state index in [1.165, 1.54) is 18.4 Å². The van der Waals surface area contributed by atoms with E-state index in [0.717, 1.165) is 51.1 Å². The molecule has 1 aliphatic rings. The van der Waals surface area contributed by atoms with Crippen molar-refractivity contribution < 1.29 is 14.8 Å². The predicted molar refractivity (Wildman–Crippen MR) is 107 cm³/mol. The summed E-state index contributed by atoms with van der Waals surface area (Å²) in [6.45, 7) is 5.42. The Hall–Kier alpha value is -1.08. The summed E-state index contributed by atoms with van der Waals surface area (Å²) < 4.78 is 5.24. The molecule has 146 valence electrons. The smallest absolute Gasteiger partial charge is 0.451 e. The van der Waals surface area contributed by atoms with Crippen molar-refractivity contribution in [3.05, 3.63) is 29.8 Å². The Labute approximate surface area is 158 Å². The average Bonchev–Trinajstić information content (AvgIpc) is 2.64. The van der Waals surface area contributed by atoms with Crippen LogP contribution in [0.1, 0.15) is 56.9 Å². The zero-order valence-corrected chi connectivity index (χ0v) is 16.4. The van der Waals surface area contributed by atoms with Crippen molar-refractivity contribution >= 4 is 7.12 Å². The van der Waals surface area contributed by atoms with Crippen molar-refractivity contribution in [2.75, 3.05) is 26.7 Å². The fourth-order valence-electron chi connectivity index (χ4n) is 3.76. The molecular weight excluding hydrogens is 327 g/mol. The molecule has 1 aliphatic heterocycles. The Morgan fingerprint density at radius 2 is 1.81 bits per heavy atom. The normalized spacial score (nSPS) is 18.5. The molecule has 0 saturated carbocycles. The first kappa shape index (κ1) is 21.2. The van der Waals surface area contributed by atoms with Gasteiger partial charge in [0, 0.05) is 5.54 Å². The van der Waals surface area contributed by atoms with Gasteiger partial charge in [-0.1, -0.05) is 25.0 Å². The molecule has 1 atom stereocenters. The Bertz CT molecular complexity index is 514. The number of likely N-dealkylation sites (tertiary alicyclic amines) is 1. The minimum Gasteiger partial charge on any atom is -0.497 e. The van der Waals surface area contributed by atoms with E-state index in [9.17, 15) is 0 Å². The summed E-state index contributed by atoms with van der Waals surface area (Å²) in [5.74, 6) is 1.56. The largest absolute Gasteiger partial charge is 0.497 e. The standard InChI is InChI=1S/C20H35BN2O3/c1-20(22,11-3-4-13-21(24)25)12-16-23-14-9-18(10-15-23)17-5-7-19(26-2)8-6-17/h5-8,18,24-25H,3-4,9-16,22H2,1-2H3. The van der Waals surface area contributed by atoms with Gasteiger partial charge in [0.2, 0.25) is 0 Å². The number of benzene rings is 1. The van der Waals surface area contributed by atoms with Gasteiger partial charge in [-0.3, -0.25) is 0 Å². The minimum absolute atomic E-state index is 0.173. The van der Waals surface area contributed by atoms with Crippen molar-refractivity contribution in [2.24, 2.45) is 5.73 Å². The summed E-state index contributed by atoms with van der Waals surface area (Å²) in [4.78, 5) is 2.53. The van der Waals surface area contributed by atoms with E-state index in [-0.39, 0.29) is 5.54 Å². The van der Waals surface area contributed by atoms with Gasteiger partial charge in [0.05, 0.1) is 7.11 Å². The van der Waals surface area contributed by atoms with Crippen LogP contribution in [-0.4, -0.2) is 54.3 Å². The van der Waals surface area contributed by atoms with Gasteiger partial charge < -0.3 is 25.4 Å². The van der Waals surface area contributed by atoms with Crippen molar-refractivity contribution in [3.8, 4) is 5.75 Å². The highest BCUT2D eigenvalue weighted by Gasteiger charge is 2.24. The molecule has 0 radical (unpaired) electrons. The number of hydrogen-bond acceptors (Lipinski definition) is 5. The van der Waals surface area contributed by atoms with Gasteiger partial charge in [0.15, 0.2) is 0 Å². The quantitative estimate of drug-likeness (QED) is 0.441. The number of hydrogen-bond donors (Lipinski definition) is 3. The summed E-state index contributed by atoms with van der Waals surface area (Å²) >= 11 is 0. The second kappa shape index (κ2) is 10.3. The number of piperidine rings is 1. The zero-order chi connectivity index (χ0) is 19.0. The molecule has 1 saturated heterocycles. The Kier molecular flexibility index (Phi) is 8.42. The lowest BCUT2D eigenvalue weighted by molar-refractivity contribution is 0.191. The minimum atomic E-state index is -1.19. The van der Waals surface area contributed by atoms with E-state index < -0.39 is 7.12 Å². The highest BCUT2D eigenvalue weighted by Crippen LogP contribution is 2.29. The molecule has 26 heavy (non-hydrogen) atoms. The van der Waals surface area contributed by atoms with E-state index in [2.05, 4.69) is 36.1 Å². The third-order valence-electron chi connectivity index (χ3n) is 5.63. The topological polar surface area (TPSA) is 79.0 Å². The van der Waals surface area contributed by atoms with Crippen molar-refractivity contribution in [1.82, 2.24) is 4.90 Å². The number of nitrogens with two attached hydrogens (primary N) is 1. The molecule has 2 rings (SSSR count). The SMILES string of the molecule is COc1ccc(C2CCN(CCC(C)(N)CCCCB(O)O)CC2)cc1. The summed E-state index contributed by atoms with van der Waals surface area (Å²) in [6, 6.07) is 8.49. The first-order valence-electron chi connectivity index (χ1n) is 9.91.